The molecule has 222 valence electrons. The van der Waals surface area contributed by atoms with Crippen LogP contribution < -0.4 is 11.0 Å². The van der Waals surface area contributed by atoms with Gasteiger partial charge in [-0.2, -0.15) is 13.2 Å². The molecule has 0 atom stereocenters. The van der Waals surface area contributed by atoms with Gasteiger partial charge in [-0.25, -0.2) is 19.7 Å². The highest BCUT2D eigenvalue weighted by Crippen LogP contribution is 2.56. The summed E-state index contributed by atoms with van der Waals surface area (Å²) >= 11 is 0.406. The number of rotatable bonds is 6. The van der Waals surface area contributed by atoms with Gasteiger partial charge in [0.05, 0.1) is 34.4 Å². The minimum Gasteiger partial charge on any atom is -0.481 e. The maximum atomic E-state index is 13.8. The van der Waals surface area contributed by atoms with Crippen LogP contribution in [0.25, 0.3) is 21.7 Å². The number of nitrogens with zero attached hydrogens (tertiary/aromatic N) is 5. The van der Waals surface area contributed by atoms with Crippen molar-refractivity contribution >= 4 is 40.0 Å². The van der Waals surface area contributed by atoms with Crippen molar-refractivity contribution in [3.05, 3.63) is 51.5 Å². The molecule has 0 saturated heterocycles. The first-order chi connectivity index (χ1) is 20.8. The smallest absolute Gasteiger partial charge is 0.427 e. The molecule has 0 spiro atoms. The molecule has 7 rings (SSSR count). The molecule has 3 aliphatic carbocycles. The first-order valence-electron chi connectivity index (χ1n) is 14.8. The Balaban J connectivity index is 1.45. The van der Waals surface area contributed by atoms with Crippen LogP contribution in [-0.2, 0) is 29.1 Å². The summed E-state index contributed by atoms with van der Waals surface area (Å²) < 4.78 is 66.1. The lowest BCUT2D eigenvalue weighted by molar-refractivity contribution is -0.158. The minimum absolute atomic E-state index is 0.0189. The van der Waals surface area contributed by atoms with Crippen molar-refractivity contribution in [3.8, 4) is 10.7 Å². The molecule has 0 aromatic carbocycles. The third-order valence-electron chi connectivity index (χ3n) is 8.65. The summed E-state index contributed by atoms with van der Waals surface area (Å²) in [6.07, 6.45) is -0.395. The van der Waals surface area contributed by atoms with E-state index >= 15 is 0 Å². The SMILES string of the molecule is [2H]C([2H])([2H])n1c(=O)n(C23CCC(C(=O)O)(CC2)CC3)c2cc(Nc3cc(C(C)(C)O)cc(-c4ncc(C(F)(F)F)s4)n3)ncc21. The Labute approximate surface area is 246 Å². The molecule has 4 aromatic heterocycles. The first kappa shape index (κ1) is 24.8. The molecule has 3 saturated carbocycles. The van der Waals surface area contributed by atoms with E-state index in [0.717, 1.165) is 0 Å². The Morgan fingerprint density at radius 2 is 1.74 bits per heavy atom. The normalized spacial score (nSPS) is 23.9. The van der Waals surface area contributed by atoms with Gasteiger partial charge in [0, 0.05) is 22.7 Å². The highest BCUT2D eigenvalue weighted by atomic mass is 32.1. The van der Waals surface area contributed by atoms with Crippen LogP contribution in [-0.4, -0.2) is 40.3 Å². The number of imidazole rings is 1. The van der Waals surface area contributed by atoms with Gasteiger partial charge in [0.1, 0.15) is 27.2 Å². The van der Waals surface area contributed by atoms with Crippen LogP contribution in [0.15, 0.2) is 35.4 Å². The molecule has 14 heteroatoms. The van der Waals surface area contributed by atoms with E-state index in [4.69, 9.17) is 4.11 Å². The number of hydrogen-bond acceptors (Lipinski definition) is 8. The maximum absolute atomic E-state index is 13.8. The number of aromatic nitrogens is 5. The van der Waals surface area contributed by atoms with Crippen LogP contribution >= 0.6 is 11.3 Å². The molecule has 42 heavy (non-hydrogen) atoms. The lowest BCUT2D eigenvalue weighted by Crippen LogP contribution is -2.53. The van der Waals surface area contributed by atoms with Crippen LogP contribution in [0.1, 0.15) is 66.9 Å². The highest BCUT2D eigenvalue weighted by molar-refractivity contribution is 7.15. The van der Waals surface area contributed by atoms with Gasteiger partial charge in [0.2, 0.25) is 0 Å². The van der Waals surface area contributed by atoms with Crippen molar-refractivity contribution in [3.63, 3.8) is 0 Å². The van der Waals surface area contributed by atoms with Crippen LogP contribution in [0.5, 0.6) is 0 Å². The maximum Gasteiger partial charge on any atom is 0.427 e. The van der Waals surface area contributed by atoms with E-state index in [1.807, 2.05) is 0 Å². The van der Waals surface area contributed by atoms with Crippen LogP contribution in [0.2, 0.25) is 0 Å². The van der Waals surface area contributed by atoms with E-state index in [0.29, 0.717) is 66.2 Å². The van der Waals surface area contributed by atoms with Crippen LogP contribution in [0.3, 0.4) is 0 Å². The average Bonchev–Trinajstić information content (AvgIpc) is 3.56. The van der Waals surface area contributed by atoms with Crippen molar-refractivity contribution in [2.75, 3.05) is 5.32 Å². The van der Waals surface area contributed by atoms with Gasteiger partial charge in [0.15, 0.2) is 0 Å². The number of pyridine rings is 2. The molecule has 0 aliphatic heterocycles. The lowest BCUT2D eigenvalue weighted by atomic mass is 9.57. The molecule has 4 heterocycles. The first-order valence-corrected chi connectivity index (χ1v) is 14.1. The van der Waals surface area contributed by atoms with Gasteiger partial charge in [-0.15, -0.1) is 11.3 Å². The van der Waals surface area contributed by atoms with Gasteiger partial charge in [-0.3, -0.25) is 13.9 Å². The number of carboxylic acid groups (broad SMARTS) is 1. The fourth-order valence-corrected chi connectivity index (χ4v) is 6.90. The molecular formula is C28H29F3N6O4S. The van der Waals surface area contributed by atoms with Crippen molar-refractivity contribution in [2.24, 2.45) is 12.4 Å². The molecule has 3 fully saturated rings. The Bertz CT molecular complexity index is 1870. The zero-order chi connectivity index (χ0) is 32.7. The third-order valence-corrected chi connectivity index (χ3v) is 9.72. The van der Waals surface area contributed by atoms with Gasteiger partial charge < -0.3 is 15.5 Å². The number of carbonyl (C=O) groups is 1. The molecule has 4 aromatic rings. The summed E-state index contributed by atoms with van der Waals surface area (Å²) in [5.74, 6) is -0.594. The number of carboxylic acids is 1. The summed E-state index contributed by atoms with van der Waals surface area (Å²) in [6.45, 7) is 0.195. The Kier molecular flexibility index (Phi) is 5.52. The van der Waals surface area contributed by atoms with Crippen molar-refractivity contribution in [1.82, 2.24) is 24.1 Å². The van der Waals surface area contributed by atoms with Crippen molar-refractivity contribution < 1.29 is 32.3 Å². The Hall–Kier alpha value is -3.78. The minimum atomic E-state index is -4.59. The van der Waals surface area contributed by atoms with Crippen molar-refractivity contribution in [1.29, 1.82) is 0 Å². The summed E-state index contributed by atoms with van der Waals surface area (Å²) in [5.41, 5.74) is -3.02. The second kappa shape index (κ2) is 9.36. The van der Waals surface area contributed by atoms with Crippen LogP contribution in [0.4, 0.5) is 24.8 Å². The second-order valence-corrected chi connectivity index (χ2v) is 12.7. The van der Waals surface area contributed by atoms with E-state index < -0.39 is 46.2 Å². The molecule has 0 radical (unpaired) electrons. The van der Waals surface area contributed by atoms with Gasteiger partial charge >= 0.3 is 17.8 Å². The van der Waals surface area contributed by atoms with E-state index in [-0.39, 0.29) is 33.4 Å². The number of hydrogen-bond donors (Lipinski definition) is 3. The standard InChI is InChI=1S/C28H29F3N6O4S/c1-25(2,41)15-10-16(22-33-14-19(42-22)28(29,30)31)34-21(11-15)35-20-12-17-18(13-32-20)36(3)24(40)37(17)27-7-4-26(5-8-27,6-9-27)23(38)39/h10-14,41H,4-9H2,1-3H3,(H,38,39)(H,32,34,35)/i3D3. The number of aliphatic hydroxyl groups is 1. The number of nitrogens with one attached hydrogen (secondary N) is 1. The van der Waals surface area contributed by atoms with E-state index in [1.165, 1.54) is 42.8 Å². The fourth-order valence-electron chi connectivity index (χ4n) is 6.16. The summed E-state index contributed by atoms with van der Waals surface area (Å²) in [5, 5.41) is 23.5. The molecular weight excluding hydrogens is 573 g/mol. The Morgan fingerprint density at radius 3 is 2.31 bits per heavy atom. The zero-order valence-corrected chi connectivity index (χ0v) is 23.4. The third kappa shape index (κ3) is 4.56. The lowest BCUT2D eigenvalue weighted by Gasteiger charge is -2.51. The van der Waals surface area contributed by atoms with Gasteiger partial charge in [0.25, 0.3) is 0 Å². The number of aliphatic carboxylic acids is 1. The van der Waals surface area contributed by atoms with E-state index in [1.54, 1.807) is 0 Å². The largest absolute Gasteiger partial charge is 0.481 e. The number of halogens is 3. The predicted molar refractivity (Wildman–Crippen MR) is 150 cm³/mol. The number of aryl methyl sites for hydroxylation is 1. The van der Waals surface area contributed by atoms with Crippen LogP contribution in [0, 0.1) is 5.41 Å². The molecule has 10 nitrogen and oxygen atoms in total. The van der Waals surface area contributed by atoms with E-state index in [9.17, 15) is 33.0 Å². The molecule has 3 aliphatic rings. The monoisotopic (exact) mass is 605 g/mol. The number of alkyl halides is 3. The second-order valence-electron chi connectivity index (χ2n) is 11.7. The highest BCUT2D eigenvalue weighted by Gasteiger charge is 2.54. The molecule has 0 unspecified atom stereocenters. The fraction of sp³-hybridized carbons (Fsp3) is 0.464. The topological polar surface area (TPSA) is 135 Å². The predicted octanol–water partition coefficient (Wildman–Crippen LogP) is 5.38. The number of anilines is 2. The average molecular weight is 606 g/mol. The van der Waals surface area contributed by atoms with Gasteiger partial charge in [-0.05, 0) is 70.1 Å². The van der Waals surface area contributed by atoms with E-state index in [2.05, 4.69) is 20.3 Å². The summed E-state index contributed by atoms with van der Waals surface area (Å²) in [4.78, 5) is 37.5. The Morgan fingerprint density at radius 1 is 1.05 bits per heavy atom. The quantitative estimate of drug-likeness (QED) is 0.267. The summed E-state index contributed by atoms with van der Waals surface area (Å²) in [7, 11) is 0. The summed E-state index contributed by atoms with van der Waals surface area (Å²) in [6, 6.07) is 4.45. The number of fused-ring (bicyclic) bond motifs is 4. The number of thiazole rings is 1. The molecule has 3 N–H and O–H groups in total. The molecule has 0 amide bonds. The zero-order valence-electron chi connectivity index (χ0n) is 25.6. The van der Waals surface area contributed by atoms with Gasteiger partial charge in [-0.1, -0.05) is 0 Å². The molecule has 2 bridgehead atoms. The van der Waals surface area contributed by atoms with Crippen molar-refractivity contribution in [2.45, 2.75) is 69.7 Å².